The summed E-state index contributed by atoms with van der Waals surface area (Å²) in [7, 11) is -3.65. The molecule has 0 radical (unpaired) electrons. The Bertz CT molecular complexity index is 733. The molecule has 0 spiro atoms. The maximum Gasteiger partial charge on any atom is 0.416 e. The molecule has 2 N–H and O–H groups in total. The highest BCUT2D eigenvalue weighted by atomic mass is 35.5. The van der Waals surface area contributed by atoms with Crippen molar-refractivity contribution >= 4 is 28.2 Å². The monoisotopic (exact) mass is 414 g/mol. The smallest absolute Gasteiger partial charge is 0.354 e. The van der Waals surface area contributed by atoms with Gasteiger partial charge >= 0.3 is 6.18 Å². The first kappa shape index (κ1) is 22.7. The van der Waals surface area contributed by atoms with Gasteiger partial charge in [-0.15, -0.1) is 12.4 Å². The van der Waals surface area contributed by atoms with Crippen molar-refractivity contribution in [3.8, 4) is 0 Å². The average molecular weight is 415 g/mol. The molecule has 1 aromatic carbocycles. The van der Waals surface area contributed by atoms with E-state index in [1.807, 2.05) is 0 Å². The lowest BCUT2D eigenvalue weighted by molar-refractivity contribution is -0.138. The number of piperidine rings is 1. The molecular weight excluding hydrogens is 393 g/mol. The van der Waals surface area contributed by atoms with Crippen LogP contribution in [0.5, 0.6) is 0 Å². The van der Waals surface area contributed by atoms with Gasteiger partial charge in [-0.25, -0.2) is 8.42 Å². The molecule has 0 unspecified atom stereocenters. The molecular formula is C16H22ClF3N2O3S. The van der Waals surface area contributed by atoms with Gasteiger partial charge in [0.1, 0.15) is 0 Å². The molecule has 1 aliphatic heterocycles. The van der Waals surface area contributed by atoms with Gasteiger partial charge in [-0.3, -0.25) is 4.79 Å². The van der Waals surface area contributed by atoms with Crippen molar-refractivity contribution in [2.75, 3.05) is 25.9 Å². The lowest BCUT2D eigenvalue weighted by Crippen LogP contribution is -2.57. The number of sulfone groups is 1. The number of nitrogens with one attached hydrogen (secondary N) is 2. The third kappa shape index (κ3) is 4.89. The van der Waals surface area contributed by atoms with Gasteiger partial charge in [-0.05, 0) is 44.0 Å². The van der Waals surface area contributed by atoms with Crippen molar-refractivity contribution < 1.29 is 26.4 Å². The molecule has 10 heteroatoms. The van der Waals surface area contributed by atoms with Gasteiger partial charge in [0, 0.05) is 12.8 Å². The first-order valence-corrected chi connectivity index (χ1v) is 9.81. The Morgan fingerprint density at radius 1 is 1.23 bits per heavy atom. The minimum Gasteiger partial charge on any atom is -0.354 e. The van der Waals surface area contributed by atoms with Crippen LogP contribution in [0.15, 0.2) is 24.3 Å². The fraction of sp³-hybridized carbons (Fsp3) is 0.562. The van der Waals surface area contributed by atoms with Gasteiger partial charge in [0.15, 0.2) is 14.6 Å². The summed E-state index contributed by atoms with van der Waals surface area (Å²) in [5.41, 5.74) is -0.682. The molecule has 0 aromatic heterocycles. The lowest BCUT2D eigenvalue weighted by Gasteiger charge is -2.34. The van der Waals surface area contributed by atoms with E-state index in [2.05, 4.69) is 10.6 Å². The maximum atomic E-state index is 13.0. The van der Waals surface area contributed by atoms with E-state index in [0.29, 0.717) is 13.1 Å². The van der Waals surface area contributed by atoms with Crippen LogP contribution in [0.4, 0.5) is 13.2 Å². The van der Waals surface area contributed by atoms with Gasteiger partial charge in [-0.2, -0.15) is 13.2 Å². The quantitative estimate of drug-likeness (QED) is 0.772. The number of rotatable bonds is 5. The SMILES string of the molecule is CS(=O)(=O)C1(C(=O)NCCc2ccccc2C(F)(F)F)CCNCC1.Cl. The standard InChI is InChI=1S/C16H21F3N2O3S.ClH/c1-25(23,24)15(7-10-20-11-8-15)14(22)21-9-6-12-4-2-3-5-13(12)16(17,18)19;/h2-5,20H,6-11H2,1H3,(H,21,22);1H. The van der Waals surface area contributed by atoms with Crippen LogP contribution < -0.4 is 10.6 Å². The van der Waals surface area contributed by atoms with Gasteiger partial charge < -0.3 is 10.6 Å². The van der Waals surface area contributed by atoms with Crippen molar-refractivity contribution in [2.45, 2.75) is 30.2 Å². The van der Waals surface area contributed by atoms with Crippen molar-refractivity contribution in [3.05, 3.63) is 35.4 Å². The Hall–Kier alpha value is -1.32. The predicted octanol–water partition coefficient (Wildman–Crippen LogP) is 1.95. The molecule has 1 aliphatic rings. The van der Waals surface area contributed by atoms with Gasteiger partial charge in [0.2, 0.25) is 5.91 Å². The van der Waals surface area contributed by atoms with Crippen LogP contribution in [0.1, 0.15) is 24.0 Å². The number of halogens is 4. The van der Waals surface area contributed by atoms with E-state index >= 15 is 0 Å². The van der Waals surface area contributed by atoms with Crippen molar-refractivity contribution in [3.63, 3.8) is 0 Å². The highest BCUT2D eigenvalue weighted by molar-refractivity contribution is 7.92. The maximum absolute atomic E-state index is 13.0. The second kappa shape index (κ2) is 8.58. The highest BCUT2D eigenvalue weighted by Gasteiger charge is 2.48. The highest BCUT2D eigenvalue weighted by Crippen LogP contribution is 2.32. The Balaban J connectivity index is 0.00000338. The molecule has 1 fully saturated rings. The third-order valence-electron chi connectivity index (χ3n) is 4.54. The van der Waals surface area contributed by atoms with Crippen molar-refractivity contribution in [1.29, 1.82) is 0 Å². The summed E-state index contributed by atoms with van der Waals surface area (Å²) in [5, 5.41) is 5.52. The van der Waals surface area contributed by atoms with E-state index in [4.69, 9.17) is 0 Å². The summed E-state index contributed by atoms with van der Waals surface area (Å²) < 4.78 is 61.7. The summed E-state index contributed by atoms with van der Waals surface area (Å²) in [6.07, 6.45) is -3.17. The summed E-state index contributed by atoms with van der Waals surface area (Å²) >= 11 is 0. The zero-order chi connectivity index (χ0) is 18.7. The molecule has 0 bridgehead atoms. The molecule has 148 valence electrons. The molecule has 1 heterocycles. The molecule has 0 aliphatic carbocycles. The number of alkyl halides is 3. The summed E-state index contributed by atoms with van der Waals surface area (Å²) in [6.45, 7) is 0.741. The van der Waals surface area contributed by atoms with Gasteiger partial charge in [0.05, 0.1) is 5.56 Å². The predicted molar refractivity (Wildman–Crippen MR) is 95.1 cm³/mol. The first-order chi connectivity index (χ1) is 11.6. The molecule has 2 rings (SSSR count). The van der Waals surface area contributed by atoms with Crippen molar-refractivity contribution in [1.82, 2.24) is 10.6 Å². The largest absolute Gasteiger partial charge is 0.416 e. The number of carbonyl (C=O) groups is 1. The Labute approximate surface area is 157 Å². The first-order valence-electron chi connectivity index (χ1n) is 7.92. The van der Waals surface area contributed by atoms with Gasteiger partial charge in [-0.1, -0.05) is 18.2 Å². The molecule has 1 amide bonds. The number of benzene rings is 1. The summed E-state index contributed by atoms with van der Waals surface area (Å²) in [5.74, 6) is -0.638. The van der Waals surface area contributed by atoms with Crippen LogP contribution in [0, 0.1) is 0 Å². The Kier molecular flexibility index (Phi) is 7.50. The van der Waals surface area contributed by atoms with Gasteiger partial charge in [0.25, 0.3) is 0 Å². The van der Waals surface area contributed by atoms with E-state index in [0.717, 1.165) is 12.3 Å². The van der Waals surface area contributed by atoms with E-state index in [1.165, 1.54) is 18.2 Å². The second-order valence-electron chi connectivity index (χ2n) is 6.18. The summed E-state index contributed by atoms with van der Waals surface area (Å²) in [6, 6.07) is 5.14. The molecule has 26 heavy (non-hydrogen) atoms. The van der Waals surface area contributed by atoms with Crippen LogP contribution in [-0.2, 0) is 27.2 Å². The molecule has 1 saturated heterocycles. The van der Waals surface area contributed by atoms with Crippen molar-refractivity contribution in [2.24, 2.45) is 0 Å². The van der Waals surface area contributed by atoms with E-state index < -0.39 is 32.2 Å². The number of carbonyl (C=O) groups excluding carboxylic acids is 1. The van der Waals surface area contributed by atoms with E-state index in [9.17, 15) is 26.4 Å². The van der Waals surface area contributed by atoms with Crippen LogP contribution in [0.2, 0.25) is 0 Å². The minimum absolute atomic E-state index is 0. The number of amides is 1. The van der Waals surface area contributed by atoms with Crippen LogP contribution in [0.3, 0.4) is 0 Å². The lowest BCUT2D eigenvalue weighted by atomic mass is 9.95. The molecule has 0 saturated carbocycles. The minimum atomic E-state index is -4.47. The van der Waals surface area contributed by atoms with Crippen LogP contribution in [0.25, 0.3) is 0 Å². The van der Waals surface area contributed by atoms with Crippen LogP contribution in [-0.4, -0.2) is 45.0 Å². The molecule has 1 aromatic rings. The molecule has 5 nitrogen and oxygen atoms in total. The normalized spacial score (nSPS) is 17.2. The Morgan fingerprint density at radius 3 is 2.35 bits per heavy atom. The summed E-state index contributed by atoms with van der Waals surface area (Å²) in [4.78, 5) is 12.5. The zero-order valence-corrected chi connectivity index (χ0v) is 15.9. The fourth-order valence-electron chi connectivity index (χ4n) is 3.08. The van der Waals surface area contributed by atoms with E-state index in [1.54, 1.807) is 0 Å². The average Bonchev–Trinajstić information content (AvgIpc) is 2.54. The molecule has 0 atom stereocenters. The third-order valence-corrected chi connectivity index (χ3v) is 6.55. The van der Waals surface area contributed by atoms with E-state index in [-0.39, 0.29) is 43.8 Å². The van der Waals surface area contributed by atoms with Crippen LogP contribution >= 0.6 is 12.4 Å². The number of hydrogen-bond donors (Lipinski definition) is 2. The zero-order valence-electron chi connectivity index (χ0n) is 14.2. The Morgan fingerprint density at radius 2 is 1.81 bits per heavy atom. The fourth-order valence-corrected chi connectivity index (χ4v) is 4.44. The topological polar surface area (TPSA) is 75.3 Å². The second-order valence-corrected chi connectivity index (χ2v) is 8.50. The number of hydrogen-bond acceptors (Lipinski definition) is 4.